The first kappa shape index (κ1) is 120. The predicted molar refractivity (Wildman–Crippen MR) is 535 cm³/mol. The van der Waals surface area contributed by atoms with Crippen LogP contribution in [-0.2, 0) is 106 Å². The number of guanidine groups is 3. The fourth-order valence-corrected chi connectivity index (χ4v) is 17.3. The molecule has 3 aliphatic heterocycles. The molecule has 0 spiro atoms. The third kappa shape index (κ3) is 41.8. The monoisotopic (exact) mass is 2050 g/mol. The molecule has 36 N–H and O–H groups in total. The molecule has 145 heavy (non-hydrogen) atoms. The highest BCUT2D eigenvalue weighted by Gasteiger charge is 2.45. The summed E-state index contributed by atoms with van der Waals surface area (Å²) in [6, 6.07) is -4.91. The number of aromatic amines is 1. The van der Waals surface area contributed by atoms with Gasteiger partial charge in [0, 0.05) is 71.1 Å². The van der Waals surface area contributed by atoms with E-state index in [1.165, 1.54) is 41.0 Å². The first-order valence-electron chi connectivity index (χ1n) is 49.1. The molecule has 1 aromatic heterocycles. The molecule has 3 saturated heterocycles. The van der Waals surface area contributed by atoms with Crippen molar-refractivity contribution < 1.29 is 96.5 Å². The highest BCUT2D eigenvalue weighted by molar-refractivity contribution is 7.98. The van der Waals surface area contributed by atoms with Gasteiger partial charge in [0.15, 0.2) is 17.9 Å². The molecule has 3 aromatic rings. The summed E-state index contributed by atoms with van der Waals surface area (Å²) in [4.78, 5) is 267. The van der Waals surface area contributed by atoms with Crippen molar-refractivity contribution in [3.8, 4) is 0 Å². The quantitative estimate of drug-likeness (QED) is 0.0142. The Kier molecular flexibility index (Phi) is 52.3. The van der Waals surface area contributed by atoms with Crippen molar-refractivity contribution in [1.82, 2.24) is 110 Å². The van der Waals surface area contributed by atoms with E-state index in [1.54, 1.807) is 80.8 Å². The average Bonchev–Trinajstić information content (AvgIpc) is 1.69. The summed E-state index contributed by atoms with van der Waals surface area (Å²) in [6.45, 7) is 3.59. The van der Waals surface area contributed by atoms with Crippen LogP contribution in [0.15, 0.2) is 73.2 Å². The van der Waals surface area contributed by atoms with Gasteiger partial charge in [0.05, 0.1) is 31.2 Å². The lowest BCUT2D eigenvalue weighted by Gasteiger charge is -2.31. The lowest BCUT2D eigenvalue weighted by atomic mass is 10.0. The molecule has 51 nitrogen and oxygen atoms in total. The third-order valence-corrected chi connectivity index (χ3v) is 25.2. The van der Waals surface area contributed by atoms with Crippen molar-refractivity contribution in [2.75, 3.05) is 77.5 Å². The first-order chi connectivity index (χ1) is 69.2. The van der Waals surface area contributed by atoms with E-state index in [2.05, 4.69) is 95.0 Å². The van der Waals surface area contributed by atoms with Crippen molar-refractivity contribution >= 4 is 136 Å². The summed E-state index contributed by atoms with van der Waals surface area (Å²) >= 11 is 1.40. The van der Waals surface area contributed by atoms with Gasteiger partial charge in [0.25, 0.3) is 0 Å². The maximum absolute atomic E-state index is 15.2. The highest BCUT2D eigenvalue weighted by atomic mass is 32.2. The average molecular weight is 2050 g/mol. The van der Waals surface area contributed by atoms with E-state index in [-0.39, 0.29) is 167 Å². The van der Waals surface area contributed by atoms with Crippen LogP contribution < -0.4 is 125 Å². The number of unbranched alkanes of at least 4 members (excludes halogenated alkanes) is 2. The molecule has 0 bridgehead atoms. The zero-order chi connectivity index (χ0) is 107. The summed E-state index contributed by atoms with van der Waals surface area (Å²) in [5, 5.41) is 86.0. The molecule has 2 aromatic carbocycles. The third-order valence-electron chi connectivity index (χ3n) is 24.5. The summed E-state index contributed by atoms with van der Waals surface area (Å²) in [6.07, 6.45) is 5.97. The molecule has 802 valence electrons. The number of rotatable bonds is 65. The molecule has 6 rings (SSSR count). The number of aliphatic hydroxyl groups is 1. The molecule has 0 radical (unpaired) electrons. The van der Waals surface area contributed by atoms with E-state index in [1.807, 2.05) is 0 Å². The number of carboxylic acids is 1. The van der Waals surface area contributed by atoms with E-state index < -0.39 is 253 Å². The van der Waals surface area contributed by atoms with Gasteiger partial charge >= 0.3 is 5.97 Å². The Bertz CT molecular complexity index is 4820. The summed E-state index contributed by atoms with van der Waals surface area (Å²) in [7, 11) is 0. The number of thioether (sulfide) groups is 1. The van der Waals surface area contributed by atoms with Crippen LogP contribution in [0.5, 0.6) is 0 Å². The van der Waals surface area contributed by atoms with E-state index >= 15 is 4.79 Å². The molecular formula is C93H149N31O20S. The van der Waals surface area contributed by atoms with Crippen LogP contribution in [0.2, 0.25) is 0 Å². The van der Waals surface area contributed by atoms with Crippen LogP contribution in [0.25, 0.3) is 0 Å². The predicted octanol–water partition coefficient (Wildman–Crippen LogP) is -7.12. The van der Waals surface area contributed by atoms with Crippen LogP contribution in [-0.4, -0.2) is 333 Å². The van der Waals surface area contributed by atoms with Gasteiger partial charge in [-0.05, 0) is 177 Å². The number of nitrogens with one attached hydrogen (secondary N) is 20. The van der Waals surface area contributed by atoms with E-state index in [0.717, 1.165) is 4.90 Å². The number of H-pyrrole nitrogens is 1. The van der Waals surface area contributed by atoms with Gasteiger partial charge in [-0.1, -0.05) is 80.9 Å². The van der Waals surface area contributed by atoms with Crippen molar-refractivity contribution in [1.29, 1.82) is 16.2 Å². The van der Waals surface area contributed by atoms with Gasteiger partial charge in [-0.2, -0.15) is 11.8 Å². The van der Waals surface area contributed by atoms with Crippen molar-refractivity contribution in [2.24, 2.45) is 46.1 Å². The Balaban J connectivity index is 1.16. The zero-order valence-electron chi connectivity index (χ0n) is 82.7. The van der Waals surface area contributed by atoms with E-state index in [0.29, 0.717) is 55.5 Å². The largest absolute Gasteiger partial charge is 0.480 e. The lowest BCUT2D eigenvalue weighted by Crippen LogP contribution is -2.61. The molecule has 4 heterocycles. The molecule has 17 amide bonds. The Hall–Kier alpha value is -13.9. The summed E-state index contributed by atoms with van der Waals surface area (Å²) < 4.78 is 0. The Morgan fingerprint density at radius 2 is 0.821 bits per heavy atom. The minimum absolute atomic E-state index is 0.00624. The number of likely N-dealkylation sites (tertiary alicyclic amines) is 3. The number of carboxylic acid groups (broad SMARTS) is 1. The molecule has 0 unspecified atom stereocenters. The Morgan fingerprint density at radius 1 is 0.434 bits per heavy atom. The van der Waals surface area contributed by atoms with Crippen LogP contribution in [0, 0.1) is 22.1 Å². The molecular weight excluding hydrogens is 1900 g/mol. The molecule has 3 fully saturated rings. The minimum Gasteiger partial charge on any atom is -0.480 e. The van der Waals surface area contributed by atoms with Gasteiger partial charge < -0.3 is 155 Å². The molecule has 16 atom stereocenters. The van der Waals surface area contributed by atoms with Gasteiger partial charge in [0.2, 0.25) is 100 Å². The zero-order valence-corrected chi connectivity index (χ0v) is 83.5. The second-order valence-corrected chi connectivity index (χ2v) is 37.4. The van der Waals surface area contributed by atoms with Crippen molar-refractivity contribution in [3.05, 3.63) is 90.0 Å². The van der Waals surface area contributed by atoms with Crippen LogP contribution >= 0.6 is 11.8 Å². The first-order valence-corrected chi connectivity index (χ1v) is 50.5. The second-order valence-electron chi connectivity index (χ2n) is 36.4. The Morgan fingerprint density at radius 3 is 1.30 bits per heavy atom. The Labute approximate surface area is 846 Å². The summed E-state index contributed by atoms with van der Waals surface area (Å²) in [5.41, 5.74) is 41.5. The molecule has 3 aliphatic rings. The van der Waals surface area contributed by atoms with Crippen LogP contribution in [0.3, 0.4) is 0 Å². The van der Waals surface area contributed by atoms with Gasteiger partial charge in [-0.25, -0.2) is 9.78 Å². The second kappa shape index (κ2) is 63.3. The fraction of sp³-hybridized carbons (Fsp3) is 0.613. The number of hydrogen-bond donors (Lipinski definition) is 29. The molecule has 0 saturated carbocycles. The number of imidazole rings is 1. The number of hydrogen-bond acceptors (Lipinski definition) is 27. The number of nitrogens with zero attached hydrogens (tertiary/aromatic N) is 4. The number of aliphatic carboxylic acids is 1. The maximum atomic E-state index is 15.2. The van der Waals surface area contributed by atoms with E-state index in [4.69, 9.17) is 56.4 Å². The SMILES string of the molecule is CSCC[C@H](NC(=O)[C@@H]1CCCN1C(=O)CNC(=O)[C@H](CCCCN)NC(=O)[C@H](Cc1c[nH]cn1)NC(=O)[C@H](CO)NC(=O)[C@H](CC(C)C)NC(=O)[C@H](CCCNC(=N)N)NC(=O)[C@@H]1CCCN1C(=O)[C@H](CCCNC(=N)N)NC(=O)[C@H](CCC(N)=O)NC(=O)[C@H](CCCNC(=N)N)NC(=O)[C@H](C)NC(=O)[C@H](Cc1ccccc1)NC(=O)[C@@H](N)CCCCN)C(=O)N1CCC[C@H]1C(=O)N[C@@H](Cc1ccccc1)C(=O)O. The molecule has 0 aliphatic carbocycles. The van der Waals surface area contributed by atoms with Crippen molar-refractivity contribution in [2.45, 2.75) is 278 Å². The van der Waals surface area contributed by atoms with Gasteiger partial charge in [-0.15, -0.1) is 0 Å². The maximum Gasteiger partial charge on any atom is 0.326 e. The number of aromatic nitrogens is 2. The number of nitrogens with two attached hydrogens (primary N) is 7. The number of benzene rings is 2. The topological polar surface area (TPSA) is 832 Å². The normalized spacial score (nSPS) is 17.0. The summed E-state index contributed by atoms with van der Waals surface area (Å²) in [5.74, 6) is -17.2. The number of carbonyl (C=O) groups is 18. The smallest absolute Gasteiger partial charge is 0.326 e. The standard InChI is InChI=1S/C93H149N31O20S/c1-53(2)45-65(82(135)121-69(51-125)84(137)119-67(48-57-49-104-52-109-57)83(136)112-59(26-12-14-37-95)77(130)108-50-74(127)122-41-18-30-70(122)85(138)116-64(35-44-145-4)89(142)124-43-20-32-72(124)87(140)120-68(90(143)144)47-56-23-9-6-10-24-56)118-79(132)61(28-16-39-106-92(100)101)114-86(139)71-31-19-42-123(71)88(141)63(29-17-40-107-93(102)103)115-80(133)62(33-34-73(97)126)113-78(131)60(27-15-38-105-91(98)99)111-75(128)54(3)110-81(134)66(46-55-21-7-5-8-22-55)117-76(129)58(96)25-11-13-36-94/h5-10,21-24,49,52-54,58-72,125H,11-20,25-48,50-51,94-96H2,1-4H3,(H2,97,126)(H,104,109)(H,108,130)(H,110,134)(H,111,128)(H,112,136)(H,113,131)(H,114,139)(H,115,133)(H,116,138)(H,117,129)(H,118,132)(H,119,137)(H,120,140)(H,121,135)(H,143,144)(H4,98,99,105)(H4,100,101,106)(H4,102,103,107)/t54-,58-,59-,60-,61-,62-,63-,64-,65-,66-,67-,68-,69-,70-,71-,72-/m0/s1. The highest BCUT2D eigenvalue weighted by Crippen LogP contribution is 2.25. The number of aliphatic hydroxyl groups excluding tert-OH is 1. The van der Waals surface area contributed by atoms with Gasteiger partial charge in [-0.3, -0.25) is 97.7 Å². The molecule has 52 heteroatoms. The number of carbonyl (C=O) groups excluding carboxylic acids is 17. The minimum atomic E-state index is -1.86. The van der Waals surface area contributed by atoms with Crippen molar-refractivity contribution in [3.63, 3.8) is 0 Å². The van der Waals surface area contributed by atoms with Gasteiger partial charge in [0.1, 0.15) is 90.6 Å². The lowest BCUT2D eigenvalue weighted by molar-refractivity contribution is -0.145. The number of amides is 17. The van der Waals surface area contributed by atoms with Crippen LogP contribution in [0.4, 0.5) is 0 Å². The fourth-order valence-electron chi connectivity index (χ4n) is 16.8. The number of primary amides is 1. The van der Waals surface area contributed by atoms with E-state index in [9.17, 15) is 91.7 Å². The van der Waals surface area contributed by atoms with Crippen LogP contribution in [0.1, 0.15) is 179 Å².